The van der Waals surface area contributed by atoms with Gasteiger partial charge in [-0.3, -0.25) is 14.9 Å². The molecule has 35 heavy (non-hydrogen) atoms. The van der Waals surface area contributed by atoms with Crippen molar-refractivity contribution >= 4 is 34.3 Å². The minimum absolute atomic E-state index is 0.0718. The number of aromatic nitrogens is 2. The fourth-order valence-electron chi connectivity index (χ4n) is 4.47. The van der Waals surface area contributed by atoms with Crippen molar-refractivity contribution in [3.05, 3.63) is 58.1 Å². The highest BCUT2D eigenvalue weighted by atomic mass is 16.6. The summed E-state index contributed by atoms with van der Waals surface area (Å²) in [5, 5.41) is 18.5. The average Bonchev–Trinajstić information content (AvgIpc) is 2.87. The molecule has 1 aliphatic carbocycles. The van der Waals surface area contributed by atoms with E-state index in [0.717, 1.165) is 42.4 Å². The van der Waals surface area contributed by atoms with E-state index >= 15 is 0 Å². The monoisotopic (exact) mass is 478 g/mol. The number of nitrogens with one attached hydrogen (secondary N) is 2. The van der Waals surface area contributed by atoms with Crippen LogP contribution in [0.4, 0.5) is 17.5 Å². The lowest BCUT2D eigenvalue weighted by Gasteiger charge is -2.29. The summed E-state index contributed by atoms with van der Waals surface area (Å²) in [5.41, 5.74) is 1.09. The number of amides is 1. The molecule has 1 aromatic heterocycles. The molecular formula is C25H30N6O4. The van der Waals surface area contributed by atoms with Crippen LogP contribution in [0.1, 0.15) is 36.0 Å². The van der Waals surface area contributed by atoms with Crippen LogP contribution >= 0.6 is 0 Å². The van der Waals surface area contributed by atoms with E-state index in [9.17, 15) is 14.9 Å². The second-order valence-electron chi connectivity index (χ2n) is 9.00. The Labute approximate surface area is 203 Å². The molecule has 0 bridgehead atoms. The molecule has 10 heteroatoms. The fraction of sp³-hybridized carbons (Fsp3) is 0.400. The SMILES string of the molecule is COc1cc(C(=O)NC[C@H]2CC[C@@H](Nc3nc(N(C)C)c4ccccc4n3)CC2)ccc1[N+](=O)[O-]. The van der Waals surface area contributed by atoms with E-state index in [1.807, 2.05) is 43.3 Å². The predicted molar refractivity (Wildman–Crippen MR) is 135 cm³/mol. The molecule has 1 fully saturated rings. The number of ether oxygens (including phenoxy) is 1. The van der Waals surface area contributed by atoms with Crippen molar-refractivity contribution in [3.8, 4) is 5.75 Å². The first kappa shape index (κ1) is 24.2. The minimum atomic E-state index is -0.530. The molecule has 0 aliphatic heterocycles. The lowest BCUT2D eigenvalue weighted by atomic mass is 9.86. The number of para-hydroxylation sites is 1. The maximum atomic E-state index is 12.6. The van der Waals surface area contributed by atoms with Gasteiger partial charge in [0.15, 0.2) is 5.75 Å². The third kappa shape index (κ3) is 5.59. The summed E-state index contributed by atoms with van der Waals surface area (Å²) in [6.07, 6.45) is 3.85. The Morgan fingerprint density at radius 2 is 1.89 bits per heavy atom. The Balaban J connectivity index is 1.31. The molecule has 10 nitrogen and oxygen atoms in total. The minimum Gasteiger partial charge on any atom is -0.490 e. The highest BCUT2D eigenvalue weighted by Crippen LogP contribution is 2.29. The lowest BCUT2D eigenvalue weighted by Crippen LogP contribution is -2.34. The summed E-state index contributed by atoms with van der Waals surface area (Å²) in [4.78, 5) is 34.5. The van der Waals surface area contributed by atoms with E-state index in [4.69, 9.17) is 14.7 Å². The standard InChI is InChI=1S/C25H30N6O4/c1-30(2)23-19-6-4-5-7-20(19)28-25(29-23)27-18-11-8-16(9-12-18)15-26-24(32)17-10-13-21(31(33)34)22(14-17)35-3/h4-7,10,13-14,16,18H,8-9,11-12,15H2,1-3H3,(H,26,32)(H,27,28,29)/t16-,18+. The molecule has 0 radical (unpaired) electrons. The van der Waals surface area contributed by atoms with Gasteiger partial charge in [0.1, 0.15) is 5.82 Å². The smallest absolute Gasteiger partial charge is 0.310 e. The first-order chi connectivity index (χ1) is 16.9. The molecule has 0 atom stereocenters. The molecule has 0 spiro atoms. The van der Waals surface area contributed by atoms with Gasteiger partial charge < -0.3 is 20.3 Å². The maximum absolute atomic E-state index is 12.6. The Kier molecular flexibility index (Phi) is 7.28. The van der Waals surface area contributed by atoms with Crippen LogP contribution in [-0.4, -0.2) is 54.6 Å². The van der Waals surface area contributed by atoms with Gasteiger partial charge in [0.05, 0.1) is 17.5 Å². The van der Waals surface area contributed by atoms with Crippen LogP contribution in [0, 0.1) is 16.0 Å². The number of nitrogens with zero attached hydrogens (tertiary/aromatic N) is 4. The molecule has 3 aromatic rings. The normalized spacial score (nSPS) is 17.6. The third-order valence-corrected chi connectivity index (χ3v) is 6.38. The van der Waals surface area contributed by atoms with Crippen molar-refractivity contribution < 1.29 is 14.5 Å². The van der Waals surface area contributed by atoms with Crippen LogP contribution in [0.2, 0.25) is 0 Å². The number of methoxy groups -OCH3 is 1. The molecule has 0 saturated heterocycles. The molecule has 1 heterocycles. The zero-order valence-corrected chi connectivity index (χ0v) is 20.2. The molecule has 1 aliphatic rings. The van der Waals surface area contributed by atoms with Gasteiger partial charge in [0.2, 0.25) is 5.95 Å². The molecule has 4 rings (SSSR count). The number of carbonyl (C=O) groups is 1. The quantitative estimate of drug-likeness (QED) is 0.368. The van der Waals surface area contributed by atoms with Crippen molar-refractivity contribution in [2.45, 2.75) is 31.7 Å². The van der Waals surface area contributed by atoms with E-state index in [2.05, 4.69) is 10.6 Å². The van der Waals surface area contributed by atoms with Crippen LogP contribution in [0.5, 0.6) is 5.75 Å². The largest absolute Gasteiger partial charge is 0.490 e. The fourth-order valence-corrected chi connectivity index (χ4v) is 4.47. The number of fused-ring (bicyclic) bond motifs is 1. The van der Waals surface area contributed by atoms with Crippen molar-refractivity contribution in [1.29, 1.82) is 0 Å². The number of hydrogen-bond acceptors (Lipinski definition) is 8. The number of carbonyl (C=O) groups excluding carboxylic acids is 1. The Morgan fingerprint density at radius 3 is 2.57 bits per heavy atom. The van der Waals surface area contributed by atoms with Crippen molar-refractivity contribution in [3.63, 3.8) is 0 Å². The topological polar surface area (TPSA) is 123 Å². The molecule has 2 N–H and O–H groups in total. The van der Waals surface area contributed by atoms with E-state index in [1.165, 1.54) is 25.3 Å². The molecule has 1 amide bonds. The van der Waals surface area contributed by atoms with Crippen molar-refractivity contribution in [2.75, 3.05) is 38.0 Å². The highest BCUT2D eigenvalue weighted by Gasteiger charge is 2.23. The highest BCUT2D eigenvalue weighted by molar-refractivity contribution is 5.95. The summed E-state index contributed by atoms with van der Waals surface area (Å²) in [7, 11) is 5.30. The summed E-state index contributed by atoms with van der Waals surface area (Å²) in [5.74, 6) is 1.70. The number of nitro benzene ring substituents is 1. The van der Waals surface area contributed by atoms with Gasteiger partial charge in [-0.25, -0.2) is 4.98 Å². The molecular weight excluding hydrogens is 448 g/mol. The second kappa shape index (κ2) is 10.5. The molecule has 184 valence electrons. The van der Waals surface area contributed by atoms with Gasteiger partial charge in [0, 0.05) is 49.8 Å². The molecule has 1 saturated carbocycles. The van der Waals surface area contributed by atoms with Crippen LogP contribution < -0.4 is 20.3 Å². The van der Waals surface area contributed by atoms with Gasteiger partial charge in [-0.2, -0.15) is 4.98 Å². The van der Waals surface area contributed by atoms with Gasteiger partial charge in [-0.15, -0.1) is 0 Å². The zero-order valence-electron chi connectivity index (χ0n) is 20.2. The Bertz CT molecular complexity index is 1220. The number of anilines is 2. The number of rotatable bonds is 8. The van der Waals surface area contributed by atoms with E-state index in [-0.39, 0.29) is 23.4 Å². The van der Waals surface area contributed by atoms with Crippen LogP contribution in [0.3, 0.4) is 0 Å². The first-order valence-electron chi connectivity index (χ1n) is 11.7. The Morgan fingerprint density at radius 1 is 1.14 bits per heavy atom. The number of hydrogen-bond donors (Lipinski definition) is 2. The summed E-state index contributed by atoms with van der Waals surface area (Å²) in [6, 6.07) is 12.4. The van der Waals surface area contributed by atoms with E-state index < -0.39 is 4.92 Å². The van der Waals surface area contributed by atoms with Crippen molar-refractivity contribution in [1.82, 2.24) is 15.3 Å². The first-order valence-corrected chi connectivity index (χ1v) is 11.7. The summed E-state index contributed by atoms with van der Waals surface area (Å²) >= 11 is 0. The van der Waals surface area contributed by atoms with Gasteiger partial charge in [-0.05, 0) is 49.8 Å². The van der Waals surface area contributed by atoms with Gasteiger partial charge >= 0.3 is 5.69 Å². The lowest BCUT2D eigenvalue weighted by molar-refractivity contribution is -0.385. The molecule has 0 unspecified atom stereocenters. The number of benzene rings is 2. The van der Waals surface area contributed by atoms with E-state index in [1.54, 1.807) is 0 Å². The summed E-state index contributed by atoms with van der Waals surface area (Å²) < 4.78 is 5.06. The number of nitro groups is 1. The third-order valence-electron chi connectivity index (χ3n) is 6.38. The van der Waals surface area contributed by atoms with Gasteiger partial charge in [-0.1, -0.05) is 12.1 Å². The predicted octanol–water partition coefficient (Wildman–Crippen LogP) is 4.01. The Hall–Kier alpha value is -3.95. The summed E-state index contributed by atoms with van der Waals surface area (Å²) in [6.45, 7) is 0.558. The van der Waals surface area contributed by atoms with E-state index in [0.29, 0.717) is 24.0 Å². The van der Waals surface area contributed by atoms with Crippen LogP contribution in [0.25, 0.3) is 10.9 Å². The van der Waals surface area contributed by atoms with Crippen molar-refractivity contribution in [2.24, 2.45) is 5.92 Å². The zero-order chi connectivity index (χ0) is 24.9. The van der Waals surface area contributed by atoms with Gasteiger partial charge in [0.25, 0.3) is 5.91 Å². The van der Waals surface area contributed by atoms with Crippen LogP contribution in [0.15, 0.2) is 42.5 Å². The average molecular weight is 479 g/mol. The molecule has 2 aromatic carbocycles. The van der Waals surface area contributed by atoms with Crippen LogP contribution in [-0.2, 0) is 0 Å². The maximum Gasteiger partial charge on any atom is 0.310 e. The second-order valence-corrected chi connectivity index (χ2v) is 9.00.